The van der Waals surface area contributed by atoms with Gasteiger partial charge in [-0.25, -0.2) is 9.97 Å². The van der Waals surface area contributed by atoms with Gasteiger partial charge in [0, 0.05) is 36.4 Å². The van der Waals surface area contributed by atoms with Crippen LogP contribution in [-0.4, -0.2) is 34.7 Å². The lowest BCUT2D eigenvalue weighted by atomic mass is 10.0. The summed E-state index contributed by atoms with van der Waals surface area (Å²) in [7, 11) is 0. The van der Waals surface area contributed by atoms with Gasteiger partial charge in [0.05, 0.1) is 23.0 Å². The van der Waals surface area contributed by atoms with E-state index < -0.39 is 0 Å². The molecule has 1 atom stereocenters. The molecule has 22 heavy (non-hydrogen) atoms. The lowest BCUT2D eigenvalue weighted by Gasteiger charge is -2.11. The number of nitrogens with one attached hydrogen (secondary N) is 1. The second kappa shape index (κ2) is 6.58. The monoisotopic (exact) mass is 319 g/mol. The number of hydrogen-bond acceptors (Lipinski definition) is 7. The molecule has 0 spiro atoms. The summed E-state index contributed by atoms with van der Waals surface area (Å²) in [5, 5.41) is 4.47. The van der Waals surface area contributed by atoms with Crippen LogP contribution in [0.1, 0.15) is 33.6 Å². The predicted octanol–water partition coefficient (Wildman–Crippen LogP) is 2.29. The minimum absolute atomic E-state index is 0.313. The molecule has 1 aliphatic heterocycles. The van der Waals surface area contributed by atoms with Crippen molar-refractivity contribution in [1.29, 1.82) is 0 Å². The molecule has 0 amide bonds. The molecule has 3 N–H and O–H groups in total. The third-order valence-electron chi connectivity index (χ3n) is 3.83. The van der Waals surface area contributed by atoms with Crippen LogP contribution in [0, 0.1) is 13.8 Å². The Labute approximate surface area is 134 Å². The lowest BCUT2D eigenvalue weighted by Crippen LogP contribution is -2.11. The topological polar surface area (TPSA) is 86.0 Å². The average molecular weight is 319 g/mol. The van der Waals surface area contributed by atoms with Gasteiger partial charge in [-0.1, -0.05) is 0 Å². The van der Waals surface area contributed by atoms with Crippen molar-refractivity contribution in [2.24, 2.45) is 0 Å². The zero-order valence-corrected chi connectivity index (χ0v) is 13.7. The summed E-state index contributed by atoms with van der Waals surface area (Å²) in [6.07, 6.45) is 1.87. The Kier molecular flexibility index (Phi) is 4.54. The smallest absolute Gasteiger partial charge is 0.222 e. The van der Waals surface area contributed by atoms with Crippen LogP contribution < -0.4 is 11.1 Å². The number of aryl methyl sites for hydroxylation is 2. The summed E-state index contributed by atoms with van der Waals surface area (Å²) >= 11 is 1.75. The van der Waals surface area contributed by atoms with E-state index >= 15 is 0 Å². The molecule has 0 aromatic carbocycles. The molecule has 1 fully saturated rings. The molecule has 2 aromatic rings. The van der Waals surface area contributed by atoms with Gasteiger partial charge in [0.1, 0.15) is 5.82 Å². The largest absolute Gasteiger partial charge is 0.381 e. The quantitative estimate of drug-likeness (QED) is 0.879. The van der Waals surface area contributed by atoms with Crippen molar-refractivity contribution in [2.75, 3.05) is 30.8 Å². The highest BCUT2D eigenvalue weighted by atomic mass is 32.1. The Morgan fingerprint density at radius 3 is 2.91 bits per heavy atom. The first-order valence-corrected chi connectivity index (χ1v) is 8.32. The SMILES string of the molecule is Cc1nc(CCNc2cc(C3CCOC3)nc(N)n2)sc1C. The van der Waals surface area contributed by atoms with Gasteiger partial charge in [-0.3, -0.25) is 0 Å². The number of nitrogen functional groups attached to an aromatic ring is 1. The summed E-state index contributed by atoms with van der Waals surface area (Å²) in [6.45, 7) is 6.44. The van der Waals surface area contributed by atoms with Gasteiger partial charge in [-0.15, -0.1) is 11.3 Å². The van der Waals surface area contributed by atoms with E-state index in [0.29, 0.717) is 18.5 Å². The van der Waals surface area contributed by atoms with E-state index in [4.69, 9.17) is 10.5 Å². The second-order valence-corrected chi connectivity index (χ2v) is 6.81. The minimum atomic E-state index is 0.313. The van der Waals surface area contributed by atoms with Gasteiger partial charge in [-0.05, 0) is 20.3 Å². The number of aromatic nitrogens is 3. The summed E-state index contributed by atoms with van der Waals surface area (Å²) in [5.41, 5.74) is 7.91. The molecule has 3 heterocycles. The predicted molar refractivity (Wildman–Crippen MR) is 88.4 cm³/mol. The molecular formula is C15H21N5OS. The first kappa shape index (κ1) is 15.2. The molecule has 3 rings (SSSR count). The molecule has 2 aromatic heterocycles. The summed E-state index contributed by atoms with van der Waals surface area (Å²) in [4.78, 5) is 14.4. The second-order valence-electron chi connectivity index (χ2n) is 5.52. The molecular weight excluding hydrogens is 298 g/mol. The van der Waals surface area contributed by atoms with Gasteiger partial charge in [0.25, 0.3) is 0 Å². The van der Waals surface area contributed by atoms with Crippen LogP contribution >= 0.6 is 11.3 Å². The fourth-order valence-corrected chi connectivity index (χ4v) is 3.43. The van der Waals surface area contributed by atoms with Crippen molar-refractivity contribution in [2.45, 2.75) is 32.6 Å². The van der Waals surface area contributed by atoms with Gasteiger partial charge >= 0.3 is 0 Å². The third kappa shape index (κ3) is 3.53. The Hall–Kier alpha value is -1.73. The number of rotatable bonds is 5. The van der Waals surface area contributed by atoms with Gasteiger partial charge in [0.15, 0.2) is 0 Å². The maximum atomic E-state index is 5.82. The highest BCUT2D eigenvalue weighted by Gasteiger charge is 2.20. The molecule has 0 aliphatic carbocycles. The van der Waals surface area contributed by atoms with E-state index in [-0.39, 0.29) is 0 Å². The van der Waals surface area contributed by atoms with E-state index in [1.807, 2.05) is 13.0 Å². The molecule has 0 bridgehead atoms. The first-order valence-electron chi connectivity index (χ1n) is 7.51. The van der Waals surface area contributed by atoms with Crippen molar-refractivity contribution in [3.8, 4) is 0 Å². The highest BCUT2D eigenvalue weighted by Crippen LogP contribution is 2.25. The summed E-state index contributed by atoms with van der Waals surface area (Å²) < 4.78 is 5.42. The van der Waals surface area contributed by atoms with E-state index in [1.165, 1.54) is 4.88 Å². The van der Waals surface area contributed by atoms with Crippen molar-refractivity contribution in [1.82, 2.24) is 15.0 Å². The normalized spacial score (nSPS) is 17.8. The van der Waals surface area contributed by atoms with Crippen molar-refractivity contribution in [3.63, 3.8) is 0 Å². The molecule has 1 saturated heterocycles. The van der Waals surface area contributed by atoms with Crippen LogP contribution in [0.15, 0.2) is 6.07 Å². The molecule has 118 valence electrons. The maximum absolute atomic E-state index is 5.82. The van der Waals surface area contributed by atoms with Crippen molar-refractivity contribution in [3.05, 3.63) is 27.3 Å². The third-order valence-corrected chi connectivity index (χ3v) is 4.96. The van der Waals surface area contributed by atoms with E-state index in [1.54, 1.807) is 11.3 Å². The number of thiazole rings is 1. The van der Waals surface area contributed by atoms with Crippen LogP contribution in [0.25, 0.3) is 0 Å². The minimum Gasteiger partial charge on any atom is -0.381 e. The lowest BCUT2D eigenvalue weighted by molar-refractivity contribution is 0.193. The van der Waals surface area contributed by atoms with Crippen molar-refractivity contribution < 1.29 is 4.74 Å². The van der Waals surface area contributed by atoms with Crippen LogP contribution in [-0.2, 0) is 11.2 Å². The van der Waals surface area contributed by atoms with E-state index in [2.05, 4.69) is 27.2 Å². The van der Waals surface area contributed by atoms with Gasteiger partial charge < -0.3 is 15.8 Å². The fourth-order valence-electron chi connectivity index (χ4n) is 2.50. The number of hydrogen-bond donors (Lipinski definition) is 2. The zero-order chi connectivity index (χ0) is 15.5. The Balaban J connectivity index is 1.62. The Morgan fingerprint density at radius 2 is 2.23 bits per heavy atom. The number of anilines is 2. The summed E-state index contributed by atoms with van der Waals surface area (Å²) in [5.74, 6) is 1.42. The average Bonchev–Trinajstić information content (AvgIpc) is 3.09. The van der Waals surface area contributed by atoms with Crippen LogP contribution in [0.2, 0.25) is 0 Å². The highest BCUT2D eigenvalue weighted by molar-refractivity contribution is 7.11. The molecule has 1 unspecified atom stereocenters. The molecule has 6 nitrogen and oxygen atoms in total. The van der Waals surface area contributed by atoms with E-state index in [0.717, 1.165) is 48.2 Å². The fraction of sp³-hybridized carbons (Fsp3) is 0.533. The van der Waals surface area contributed by atoms with Crippen LogP contribution in [0.3, 0.4) is 0 Å². The summed E-state index contributed by atoms with van der Waals surface area (Å²) in [6, 6.07) is 1.98. The number of nitrogens with two attached hydrogens (primary N) is 1. The number of ether oxygens (including phenoxy) is 1. The Morgan fingerprint density at radius 1 is 1.36 bits per heavy atom. The zero-order valence-electron chi connectivity index (χ0n) is 12.9. The number of nitrogens with zero attached hydrogens (tertiary/aromatic N) is 3. The Bertz CT molecular complexity index is 632. The molecule has 7 heteroatoms. The van der Waals surface area contributed by atoms with Crippen LogP contribution in [0.5, 0.6) is 0 Å². The van der Waals surface area contributed by atoms with E-state index in [9.17, 15) is 0 Å². The molecule has 0 saturated carbocycles. The maximum Gasteiger partial charge on any atom is 0.222 e. The van der Waals surface area contributed by atoms with Gasteiger partial charge in [-0.2, -0.15) is 4.98 Å². The molecule has 0 radical (unpaired) electrons. The van der Waals surface area contributed by atoms with Gasteiger partial charge in [0.2, 0.25) is 5.95 Å². The molecule has 1 aliphatic rings. The standard InChI is InChI=1S/C15H21N5OS/c1-9-10(2)22-14(18-9)3-5-17-13-7-12(19-15(16)20-13)11-4-6-21-8-11/h7,11H,3-6,8H2,1-2H3,(H3,16,17,19,20). The first-order chi connectivity index (χ1) is 10.6. The van der Waals surface area contributed by atoms with Crippen molar-refractivity contribution >= 4 is 23.1 Å². The van der Waals surface area contributed by atoms with Crippen LogP contribution in [0.4, 0.5) is 11.8 Å².